The van der Waals surface area contributed by atoms with Gasteiger partial charge in [0.25, 0.3) is 11.4 Å². The number of carbonyl (C=O) groups is 4. The van der Waals surface area contributed by atoms with Gasteiger partial charge in [-0.25, -0.2) is 18.5 Å². The molecule has 1 aliphatic rings. The minimum atomic E-state index is -3.14. The van der Waals surface area contributed by atoms with Crippen molar-refractivity contribution in [3.63, 3.8) is 0 Å². The molecule has 0 saturated carbocycles. The van der Waals surface area contributed by atoms with E-state index >= 15 is 4.39 Å². The third-order valence-electron chi connectivity index (χ3n) is 6.23. The van der Waals surface area contributed by atoms with Gasteiger partial charge in [-0.1, -0.05) is 41.5 Å². The van der Waals surface area contributed by atoms with Crippen molar-refractivity contribution in [3.8, 4) is 0 Å². The Hall–Kier alpha value is -4.40. The average molecular weight is 608 g/mol. The smallest absolute Gasteiger partial charge is 0.339 e. The second kappa shape index (κ2) is 13.7. The van der Waals surface area contributed by atoms with Crippen molar-refractivity contribution < 1.29 is 47.3 Å². The maximum absolute atomic E-state index is 16.7. The molecular formula is C28H34FN3O11. The van der Waals surface area contributed by atoms with Crippen molar-refractivity contribution in [3.05, 3.63) is 63.2 Å². The molecule has 3 heterocycles. The highest BCUT2D eigenvalue weighted by Gasteiger charge is 2.62. The van der Waals surface area contributed by atoms with Crippen LogP contribution < -0.4 is 11.2 Å². The number of nitrogens with zero attached hydrogens (tertiary/aromatic N) is 3. The molecule has 1 fully saturated rings. The van der Waals surface area contributed by atoms with Gasteiger partial charge in [-0.15, -0.1) is 0 Å². The summed E-state index contributed by atoms with van der Waals surface area (Å²) in [5, 5.41) is 0. The molecule has 15 heteroatoms. The molecule has 0 aromatic carbocycles. The van der Waals surface area contributed by atoms with E-state index in [4.69, 9.17) is 23.7 Å². The zero-order valence-corrected chi connectivity index (χ0v) is 24.6. The number of carbonyl (C=O) groups excluding carboxylic acids is 4. The first-order valence-electron chi connectivity index (χ1n) is 13.5. The molecule has 0 aliphatic carbocycles. The van der Waals surface area contributed by atoms with Gasteiger partial charge in [0.15, 0.2) is 25.7 Å². The lowest BCUT2D eigenvalue weighted by atomic mass is 10.1. The van der Waals surface area contributed by atoms with Crippen molar-refractivity contribution in [2.75, 3.05) is 6.61 Å². The maximum atomic E-state index is 16.7. The molecule has 2 aromatic heterocycles. The molecule has 0 N–H and O–H groups in total. The number of pyridine rings is 1. The van der Waals surface area contributed by atoms with E-state index in [1.807, 2.05) is 0 Å². The monoisotopic (exact) mass is 607 g/mol. The average Bonchev–Trinajstić information content (AvgIpc) is 3.22. The lowest BCUT2D eigenvalue weighted by Gasteiger charge is -2.28. The quantitative estimate of drug-likeness (QED) is 0.268. The first kappa shape index (κ1) is 33.1. The Labute approximate surface area is 245 Å². The Balaban J connectivity index is 2.08. The van der Waals surface area contributed by atoms with E-state index in [-0.39, 0.29) is 5.56 Å². The Morgan fingerprint density at radius 1 is 0.953 bits per heavy atom. The van der Waals surface area contributed by atoms with E-state index in [1.54, 1.807) is 13.8 Å². The fraction of sp³-hybridized carbons (Fsp3) is 0.536. The van der Waals surface area contributed by atoms with Gasteiger partial charge in [-0.2, -0.15) is 0 Å². The summed E-state index contributed by atoms with van der Waals surface area (Å²) < 4.78 is 44.6. The van der Waals surface area contributed by atoms with Crippen molar-refractivity contribution in [2.45, 2.75) is 72.6 Å². The summed E-state index contributed by atoms with van der Waals surface area (Å²) in [7, 11) is 0. The number of esters is 4. The van der Waals surface area contributed by atoms with Crippen LogP contribution in [0.25, 0.3) is 0 Å². The Morgan fingerprint density at radius 2 is 1.58 bits per heavy atom. The van der Waals surface area contributed by atoms with Gasteiger partial charge in [0.2, 0.25) is 6.10 Å². The lowest BCUT2D eigenvalue weighted by Crippen LogP contribution is -2.49. The summed E-state index contributed by atoms with van der Waals surface area (Å²) in [6.07, 6.45) is -2.08. The summed E-state index contributed by atoms with van der Waals surface area (Å²) in [5.74, 6) is -8.63. The van der Waals surface area contributed by atoms with Crippen LogP contribution in [0.5, 0.6) is 0 Å². The number of ether oxygens (including phenoxy) is 5. The fourth-order valence-electron chi connectivity index (χ4n) is 3.74. The van der Waals surface area contributed by atoms with E-state index < -0.39 is 90.5 Å². The number of hydrogen-bond acceptors (Lipinski definition) is 12. The molecule has 0 amide bonds. The van der Waals surface area contributed by atoms with E-state index in [2.05, 4.69) is 4.98 Å². The van der Waals surface area contributed by atoms with E-state index in [0.717, 1.165) is 16.8 Å². The number of alkyl halides is 1. The van der Waals surface area contributed by atoms with Crippen LogP contribution in [0, 0.1) is 17.8 Å². The molecule has 1 aliphatic heterocycles. The minimum absolute atomic E-state index is 0.0154. The number of aromatic nitrogens is 3. The fourth-order valence-corrected chi connectivity index (χ4v) is 3.74. The molecular weight excluding hydrogens is 573 g/mol. The van der Waals surface area contributed by atoms with E-state index in [0.29, 0.717) is 4.57 Å². The Bertz CT molecular complexity index is 1450. The van der Waals surface area contributed by atoms with Crippen LogP contribution in [-0.2, 0) is 44.8 Å². The molecule has 1 saturated heterocycles. The first-order valence-corrected chi connectivity index (χ1v) is 13.5. The second-order valence-electron chi connectivity index (χ2n) is 10.7. The zero-order chi connectivity index (χ0) is 32.1. The third kappa shape index (κ3) is 7.71. The minimum Gasteiger partial charge on any atom is -0.456 e. The van der Waals surface area contributed by atoms with Gasteiger partial charge in [0.1, 0.15) is 0 Å². The summed E-state index contributed by atoms with van der Waals surface area (Å²) in [5.41, 5.74) is -1.99. The molecule has 0 spiro atoms. The SMILES string of the molecule is CC(C)C(=O)OCn1c(=O)ccn([C@@H]2O[C@](F)(COC(=O)c3cccnc3)[C@@H](OC(=O)C(C)C)[C@H]2OC(=O)C(C)C)c1=O. The van der Waals surface area contributed by atoms with Crippen LogP contribution in [0.1, 0.15) is 58.1 Å². The largest absolute Gasteiger partial charge is 0.456 e. The third-order valence-corrected chi connectivity index (χ3v) is 6.23. The van der Waals surface area contributed by atoms with Crippen LogP contribution in [0.2, 0.25) is 0 Å². The molecule has 0 bridgehead atoms. The van der Waals surface area contributed by atoms with Gasteiger partial charge in [-0.05, 0) is 12.1 Å². The normalized spacial score (nSPS) is 21.6. The highest BCUT2D eigenvalue weighted by atomic mass is 19.2. The van der Waals surface area contributed by atoms with Gasteiger partial charge < -0.3 is 23.7 Å². The molecule has 2 aromatic rings. The van der Waals surface area contributed by atoms with Gasteiger partial charge in [0, 0.05) is 24.7 Å². The molecule has 3 rings (SSSR count). The van der Waals surface area contributed by atoms with Crippen molar-refractivity contribution in [1.29, 1.82) is 0 Å². The summed E-state index contributed by atoms with van der Waals surface area (Å²) in [4.78, 5) is 79.6. The standard InChI is InChI=1S/C28H34FN3O11/c1-15(2)23(34)40-14-32-19(33)9-11-31(27(32)38)22-20(41-24(35)16(3)4)21(42-25(36)17(5)6)28(29,43-22)13-39-26(37)18-8-7-10-30-12-18/h7-12,15-17,20-22H,13-14H2,1-6H3/t20-,21+,22-,28-/m1/s1. The maximum Gasteiger partial charge on any atom is 0.339 e. The van der Waals surface area contributed by atoms with Crippen LogP contribution in [0.15, 0.2) is 46.4 Å². The number of halogens is 1. The summed E-state index contributed by atoms with van der Waals surface area (Å²) in [6.45, 7) is 7.13. The zero-order valence-electron chi connectivity index (χ0n) is 24.6. The summed E-state index contributed by atoms with van der Waals surface area (Å²) >= 11 is 0. The molecule has 14 nitrogen and oxygen atoms in total. The first-order chi connectivity index (χ1) is 20.2. The second-order valence-corrected chi connectivity index (χ2v) is 10.7. The highest BCUT2D eigenvalue weighted by Crippen LogP contribution is 2.42. The lowest BCUT2D eigenvalue weighted by molar-refractivity contribution is -0.219. The highest BCUT2D eigenvalue weighted by molar-refractivity contribution is 5.88. The van der Waals surface area contributed by atoms with E-state index in [9.17, 15) is 28.8 Å². The van der Waals surface area contributed by atoms with Crippen molar-refractivity contribution in [1.82, 2.24) is 14.1 Å². The van der Waals surface area contributed by atoms with Crippen LogP contribution >= 0.6 is 0 Å². The topological polar surface area (TPSA) is 171 Å². The predicted octanol–water partition coefficient (Wildman–Crippen LogP) is 1.75. The van der Waals surface area contributed by atoms with Crippen molar-refractivity contribution >= 4 is 23.9 Å². The van der Waals surface area contributed by atoms with Crippen LogP contribution in [-0.4, -0.2) is 62.7 Å². The Kier molecular flexibility index (Phi) is 10.6. The van der Waals surface area contributed by atoms with Gasteiger partial charge in [-0.3, -0.25) is 28.7 Å². The molecule has 4 atom stereocenters. The number of rotatable bonds is 11. The van der Waals surface area contributed by atoms with Gasteiger partial charge >= 0.3 is 29.6 Å². The van der Waals surface area contributed by atoms with Crippen LogP contribution in [0.4, 0.5) is 4.39 Å². The molecule has 234 valence electrons. The Morgan fingerprint density at radius 3 is 2.16 bits per heavy atom. The molecule has 0 unspecified atom stereocenters. The van der Waals surface area contributed by atoms with Crippen LogP contribution in [0.3, 0.4) is 0 Å². The van der Waals surface area contributed by atoms with E-state index in [1.165, 1.54) is 52.2 Å². The molecule has 0 radical (unpaired) electrons. The predicted molar refractivity (Wildman–Crippen MR) is 144 cm³/mol. The molecule has 43 heavy (non-hydrogen) atoms. The summed E-state index contributed by atoms with van der Waals surface area (Å²) in [6, 6.07) is 3.75. The van der Waals surface area contributed by atoms with Crippen molar-refractivity contribution in [2.24, 2.45) is 17.8 Å². The van der Waals surface area contributed by atoms with Gasteiger partial charge in [0.05, 0.1) is 23.3 Å². The number of hydrogen-bond donors (Lipinski definition) is 0.